The summed E-state index contributed by atoms with van der Waals surface area (Å²) in [6.07, 6.45) is 10.8. The molecule has 3 heteroatoms. The van der Waals surface area contributed by atoms with Crippen molar-refractivity contribution < 1.29 is 0 Å². The normalized spacial score (nSPS) is 17.0. The lowest BCUT2D eigenvalue weighted by atomic mass is 9.89. The third-order valence-corrected chi connectivity index (χ3v) is 4.53. The Kier molecular flexibility index (Phi) is 2.91. The number of para-hydroxylation sites is 1. The first-order chi connectivity index (χ1) is 9.92. The lowest BCUT2D eigenvalue weighted by molar-refractivity contribution is 0.322. The quantitative estimate of drug-likeness (QED) is 0.696. The van der Waals surface area contributed by atoms with E-state index in [9.17, 15) is 0 Å². The van der Waals surface area contributed by atoms with E-state index in [4.69, 9.17) is 0 Å². The number of nitrogens with zero attached hydrogens (tertiary/aromatic N) is 3. The Morgan fingerprint density at radius 1 is 1.00 bits per heavy atom. The van der Waals surface area contributed by atoms with Crippen LogP contribution in [0.1, 0.15) is 32.1 Å². The van der Waals surface area contributed by atoms with Gasteiger partial charge >= 0.3 is 0 Å². The highest BCUT2D eigenvalue weighted by Crippen LogP contribution is 2.28. The first-order valence-electron chi connectivity index (χ1n) is 7.60. The maximum absolute atomic E-state index is 4.53. The van der Waals surface area contributed by atoms with Crippen molar-refractivity contribution in [3.63, 3.8) is 0 Å². The van der Waals surface area contributed by atoms with Gasteiger partial charge in [0.05, 0.1) is 23.6 Å². The molecule has 0 aliphatic heterocycles. The highest BCUT2D eigenvalue weighted by atomic mass is 15.1. The van der Waals surface area contributed by atoms with Gasteiger partial charge in [0.2, 0.25) is 0 Å². The molecule has 2 heterocycles. The third-order valence-electron chi connectivity index (χ3n) is 4.53. The molecule has 1 saturated carbocycles. The fourth-order valence-corrected chi connectivity index (χ4v) is 3.49. The average molecular weight is 265 g/mol. The number of aromatic nitrogens is 3. The van der Waals surface area contributed by atoms with E-state index in [-0.39, 0.29) is 0 Å². The van der Waals surface area contributed by atoms with Crippen LogP contribution in [0.25, 0.3) is 21.9 Å². The zero-order valence-corrected chi connectivity index (χ0v) is 11.6. The molecule has 102 valence electrons. The Morgan fingerprint density at radius 2 is 1.85 bits per heavy atom. The van der Waals surface area contributed by atoms with Crippen molar-refractivity contribution >= 4 is 21.9 Å². The average Bonchev–Trinajstić information content (AvgIpc) is 2.92. The molecule has 3 nitrogen and oxygen atoms in total. The van der Waals surface area contributed by atoms with Crippen molar-refractivity contribution in [1.82, 2.24) is 14.5 Å². The topological polar surface area (TPSA) is 30.7 Å². The van der Waals surface area contributed by atoms with Crippen molar-refractivity contribution in [3.05, 3.63) is 36.8 Å². The Hall–Kier alpha value is -1.90. The van der Waals surface area contributed by atoms with Gasteiger partial charge in [0.25, 0.3) is 0 Å². The first kappa shape index (κ1) is 11.9. The molecule has 0 atom stereocenters. The van der Waals surface area contributed by atoms with Gasteiger partial charge in [-0.05, 0) is 24.8 Å². The van der Waals surface area contributed by atoms with Crippen LogP contribution in [0.5, 0.6) is 0 Å². The molecule has 1 aliphatic carbocycles. The number of hydrogen-bond donors (Lipinski definition) is 0. The number of benzene rings is 1. The van der Waals surface area contributed by atoms with Gasteiger partial charge in [-0.15, -0.1) is 0 Å². The maximum atomic E-state index is 4.53. The molecule has 0 N–H and O–H groups in total. The van der Waals surface area contributed by atoms with Crippen molar-refractivity contribution in [2.75, 3.05) is 0 Å². The standard InChI is InChI=1S/C17H19N3/c1-2-6-13(7-3-1)11-20-12-19-16-10-18-15-9-5-4-8-14(15)17(16)20/h4-5,8-10,12-13H,1-3,6-7,11H2. The van der Waals surface area contributed by atoms with Crippen LogP contribution < -0.4 is 0 Å². The molecule has 0 bridgehead atoms. The molecule has 0 amide bonds. The number of hydrogen-bond acceptors (Lipinski definition) is 2. The maximum Gasteiger partial charge on any atom is 0.107 e. The monoisotopic (exact) mass is 265 g/mol. The van der Waals surface area contributed by atoms with Gasteiger partial charge in [0.15, 0.2) is 0 Å². The van der Waals surface area contributed by atoms with Gasteiger partial charge in [0, 0.05) is 11.9 Å². The second-order valence-corrected chi connectivity index (χ2v) is 5.91. The van der Waals surface area contributed by atoms with E-state index in [1.54, 1.807) is 0 Å². The van der Waals surface area contributed by atoms with Gasteiger partial charge in [-0.25, -0.2) is 4.98 Å². The summed E-state index contributed by atoms with van der Waals surface area (Å²) < 4.78 is 2.34. The van der Waals surface area contributed by atoms with E-state index in [0.717, 1.165) is 23.5 Å². The predicted molar refractivity (Wildman–Crippen MR) is 81.6 cm³/mol. The van der Waals surface area contributed by atoms with Crippen molar-refractivity contribution in [3.8, 4) is 0 Å². The van der Waals surface area contributed by atoms with Crippen LogP contribution in [-0.4, -0.2) is 14.5 Å². The number of rotatable bonds is 2. The van der Waals surface area contributed by atoms with Crippen LogP contribution in [0, 0.1) is 5.92 Å². The molecule has 0 radical (unpaired) electrons. The molecule has 1 aromatic carbocycles. The van der Waals surface area contributed by atoms with Crippen molar-refractivity contribution in [2.45, 2.75) is 38.6 Å². The smallest absolute Gasteiger partial charge is 0.107 e. The minimum Gasteiger partial charge on any atom is -0.330 e. The summed E-state index contributed by atoms with van der Waals surface area (Å²) >= 11 is 0. The molecule has 4 rings (SSSR count). The first-order valence-corrected chi connectivity index (χ1v) is 7.60. The molecule has 0 unspecified atom stereocenters. The number of pyridine rings is 1. The second-order valence-electron chi connectivity index (χ2n) is 5.91. The van der Waals surface area contributed by atoms with Crippen molar-refractivity contribution in [2.24, 2.45) is 5.92 Å². The highest BCUT2D eigenvalue weighted by molar-refractivity contribution is 6.01. The van der Waals surface area contributed by atoms with E-state index < -0.39 is 0 Å². The van der Waals surface area contributed by atoms with Crippen LogP contribution in [-0.2, 0) is 6.54 Å². The molecule has 0 saturated heterocycles. The molecule has 3 aromatic rings. The molecule has 20 heavy (non-hydrogen) atoms. The molecular weight excluding hydrogens is 246 g/mol. The minimum absolute atomic E-state index is 0.813. The molecule has 0 spiro atoms. The second kappa shape index (κ2) is 4.89. The van der Waals surface area contributed by atoms with Gasteiger partial charge in [-0.1, -0.05) is 37.5 Å². The zero-order chi connectivity index (χ0) is 13.4. The number of imidazole rings is 1. The Labute approximate surface area is 118 Å². The highest BCUT2D eigenvalue weighted by Gasteiger charge is 2.16. The molecular formula is C17H19N3. The van der Waals surface area contributed by atoms with E-state index >= 15 is 0 Å². The summed E-state index contributed by atoms with van der Waals surface area (Å²) in [6, 6.07) is 8.36. The molecule has 1 fully saturated rings. The van der Waals surface area contributed by atoms with Crippen LogP contribution in [0.3, 0.4) is 0 Å². The summed E-state index contributed by atoms with van der Waals surface area (Å²) in [5.74, 6) is 0.813. The summed E-state index contributed by atoms with van der Waals surface area (Å²) in [5.41, 5.74) is 3.33. The van der Waals surface area contributed by atoms with Gasteiger partial charge in [0.1, 0.15) is 5.52 Å². The lowest BCUT2D eigenvalue weighted by Crippen LogP contribution is -2.13. The Bertz CT molecular complexity index is 738. The lowest BCUT2D eigenvalue weighted by Gasteiger charge is -2.22. The van der Waals surface area contributed by atoms with E-state index in [1.807, 2.05) is 18.6 Å². The SMILES string of the molecule is c1ccc2c(c1)ncc1ncn(CC3CCCCC3)c12. The summed E-state index contributed by atoms with van der Waals surface area (Å²) in [6.45, 7) is 1.10. The minimum atomic E-state index is 0.813. The summed E-state index contributed by atoms with van der Waals surface area (Å²) in [4.78, 5) is 9.03. The van der Waals surface area contributed by atoms with Crippen LogP contribution >= 0.6 is 0 Å². The van der Waals surface area contributed by atoms with Gasteiger partial charge < -0.3 is 4.57 Å². The molecule has 2 aromatic heterocycles. The molecule has 1 aliphatic rings. The van der Waals surface area contributed by atoms with E-state index in [1.165, 1.54) is 43.0 Å². The fraction of sp³-hybridized carbons (Fsp3) is 0.412. The summed E-state index contributed by atoms with van der Waals surface area (Å²) in [7, 11) is 0. The summed E-state index contributed by atoms with van der Waals surface area (Å²) in [5, 5.41) is 1.22. The third kappa shape index (κ3) is 1.98. The number of fused-ring (bicyclic) bond motifs is 3. The van der Waals surface area contributed by atoms with Crippen LogP contribution in [0.4, 0.5) is 0 Å². The van der Waals surface area contributed by atoms with E-state index in [0.29, 0.717) is 0 Å². The fourth-order valence-electron chi connectivity index (χ4n) is 3.49. The Balaban J connectivity index is 1.80. The van der Waals surface area contributed by atoms with Crippen LogP contribution in [0.2, 0.25) is 0 Å². The Morgan fingerprint density at radius 3 is 2.75 bits per heavy atom. The van der Waals surface area contributed by atoms with Gasteiger partial charge in [-0.3, -0.25) is 4.98 Å². The van der Waals surface area contributed by atoms with E-state index in [2.05, 4.69) is 32.7 Å². The van der Waals surface area contributed by atoms with Crippen molar-refractivity contribution in [1.29, 1.82) is 0 Å². The largest absolute Gasteiger partial charge is 0.330 e. The van der Waals surface area contributed by atoms with Gasteiger partial charge in [-0.2, -0.15) is 0 Å². The zero-order valence-electron chi connectivity index (χ0n) is 11.6. The van der Waals surface area contributed by atoms with Crippen LogP contribution in [0.15, 0.2) is 36.8 Å². The predicted octanol–water partition coefficient (Wildman–Crippen LogP) is 4.16.